The third kappa shape index (κ3) is 3.16. The largest absolute Gasteiger partial charge is 0.337 e. The number of carbonyl (C=O) groups is 1. The van der Waals surface area contributed by atoms with Crippen molar-refractivity contribution in [3.05, 3.63) is 58.8 Å². The Morgan fingerprint density at radius 1 is 1.27 bits per heavy atom. The highest BCUT2D eigenvalue weighted by molar-refractivity contribution is 9.10. The van der Waals surface area contributed by atoms with Crippen LogP contribution in [-0.4, -0.2) is 48.4 Å². The smallest absolute Gasteiger partial charge is 0.276 e. The molecule has 0 N–H and O–H groups in total. The molecule has 26 heavy (non-hydrogen) atoms. The van der Waals surface area contributed by atoms with E-state index in [1.54, 1.807) is 10.9 Å². The lowest BCUT2D eigenvalue weighted by Gasteiger charge is -2.32. The SMILES string of the molecule is Cc1c(C(=O)N2CCC(n3ccnc3)CC2)nnn1-c1cccc(Br)c1. The van der Waals surface area contributed by atoms with Gasteiger partial charge in [0, 0.05) is 36.0 Å². The van der Waals surface area contributed by atoms with Crippen molar-refractivity contribution in [2.75, 3.05) is 13.1 Å². The third-order valence-electron chi connectivity index (χ3n) is 4.85. The Kier molecular flexibility index (Phi) is 4.58. The van der Waals surface area contributed by atoms with Crippen molar-refractivity contribution in [2.24, 2.45) is 0 Å². The summed E-state index contributed by atoms with van der Waals surface area (Å²) in [5, 5.41) is 8.34. The van der Waals surface area contributed by atoms with Gasteiger partial charge in [-0.1, -0.05) is 27.2 Å². The monoisotopic (exact) mass is 414 g/mol. The number of halogens is 1. The number of likely N-dealkylation sites (tertiary alicyclic amines) is 1. The Morgan fingerprint density at radius 3 is 2.77 bits per heavy atom. The van der Waals surface area contributed by atoms with Gasteiger partial charge in [-0.05, 0) is 38.0 Å². The van der Waals surface area contributed by atoms with E-state index in [1.165, 1.54) is 0 Å². The summed E-state index contributed by atoms with van der Waals surface area (Å²) in [6, 6.07) is 8.18. The van der Waals surface area contributed by atoms with E-state index in [4.69, 9.17) is 0 Å². The number of benzene rings is 1. The summed E-state index contributed by atoms with van der Waals surface area (Å²) in [7, 11) is 0. The molecule has 134 valence electrons. The van der Waals surface area contributed by atoms with E-state index in [-0.39, 0.29) is 5.91 Å². The minimum absolute atomic E-state index is 0.0483. The van der Waals surface area contributed by atoms with Crippen molar-refractivity contribution >= 4 is 21.8 Å². The first-order chi connectivity index (χ1) is 12.6. The lowest BCUT2D eigenvalue weighted by atomic mass is 10.0. The highest BCUT2D eigenvalue weighted by atomic mass is 79.9. The Bertz CT molecular complexity index is 912. The second-order valence-corrected chi connectivity index (χ2v) is 7.36. The molecule has 1 saturated heterocycles. The lowest BCUT2D eigenvalue weighted by molar-refractivity contribution is 0.0687. The molecule has 7 nitrogen and oxygen atoms in total. The predicted octanol–water partition coefficient (Wildman–Crippen LogP) is 3.01. The number of aromatic nitrogens is 5. The van der Waals surface area contributed by atoms with Crippen LogP contribution in [0.3, 0.4) is 0 Å². The maximum Gasteiger partial charge on any atom is 0.276 e. The topological polar surface area (TPSA) is 68.8 Å². The summed E-state index contributed by atoms with van der Waals surface area (Å²) in [6.07, 6.45) is 7.45. The van der Waals surface area contributed by atoms with Gasteiger partial charge in [0.25, 0.3) is 5.91 Å². The van der Waals surface area contributed by atoms with Crippen molar-refractivity contribution in [1.82, 2.24) is 29.4 Å². The quantitative estimate of drug-likeness (QED) is 0.660. The maximum atomic E-state index is 12.9. The first-order valence-electron chi connectivity index (χ1n) is 8.58. The molecule has 0 saturated carbocycles. The molecular formula is C18H19BrN6O. The van der Waals surface area contributed by atoms with Crippen molar-refractivity contribution in [3.63, 3.8) is 0 Å². The third-order valence-corrected chi connectivity index (χ3v) is 5.34. The van der Waals surface area contributed by atoms with Gasteiger partial charge in [-0.2, -0.15) is 0 Å². The molecule has 3 heterocycles. The van der Waals surface area contributed by atoms with Crippen molar-refractivity contribution < 1.29 is 4.79 Å². The molecule has 0 spiro atoms. The Labute approximate surface area is 159 Å². The van der Waals surface area contributed by atoms with E-state index in [0.29, 0.717) is 24.8 Å². The zero-order valence-electron chi connectivity index (χ0n) is 14.4. The standard InChI is InChI=1S/C18H19BrN6O/c1-13-17(21-22-25(13)16-4-2-3-14(19)11-16)18(26)23-8-5-15(6-9-23)24-10-7-20-12-24/h2-4,7,10-12,15H,5-6,8-9H2,1H3. The molecule has 4 rings (SSSR count). The van der Waals surface area contributed by atoms with Crippen LogP contribution in [0.2, 0.25) is 0 Å². The second-order valence-electron chi connectivity index (χ2n) is 6.45. The highest BCUT2D eigenvalue weighted by Gasteiger charge is 2.27. The summed E-state index contributed by atoms with van der Waals surface area (Å²) in [5.74, 6) is -0.0483. The van der Waals surface area contributed by atoms with Crippen LogP contribution in [0.5, 0.6) is 0 Å². The van der Waals surface area contributed by atoms with Crippen LogP contribution in [0.1, 0.15) is 35.1 Å². The normalized spacial score (nSPS) is 15.4. The molecule has 1 amide bonds. The Hall–Kier alpha value is -2.48. The lowest BCUT2D eigenvalue weighted by Crippen LogP contribution is -2.39. The predicted molar refractivity (Wildman–Crippen MR) is 100 cm³/mol. The van der Waals surface area contributed by atoms with Crippen LogP contribution in [0.15, 0.2) is 47.5 Å². The molecule has 2 aromatic heterocycles. The zero-order valence-corrected chi connectivity index (χ0v) is 16.0. The van der Waals surface area contributed by atoms with Crippen molar-refractivity contribution in [2.45, 2.75) is 25.8 Å². The van der Waals surface area contributed by atoms with E-state index in [2.05, 4.69) is 35.8 Å². The molecule has 1 aliphatic rings. The first-order valence-corrected chi connectivity index (χ1v) is 9.38. The molecule has 0 aliphatic carbocycles. The minimum atomic E-state index is -0.0483. The Morgan fingerprint density at radius 2 is 2.08 bits per heavy atom. The van der Waals surface area contributed by atoms with E-state index in [9.17, 15) is 4.79 Å². The molecule has 0 radical (unpaired) electrons. The van der Waals surface area contributed by atoms with Gasteiger partial charge in [-0.15, -0.1) is 5.10 Å². The average Bonchev–Trinajstić information content (AvgIpc) is 3.31. The number of hydrogen-bond donors (Lipinski definition) is 0. The summed E-state index contributed by atoms with van der Waals surface area (Å²) in [4.78, 5) is 18.9. The van der Waals surface area contributed by atoms with Crippen LogP contribution in [0.25, 0.3) is 5.69 Å². The number of amides is 1. The number of rotatable bonds is 3. The fourth-order valence-electron chi connectivity index (χ4n) is 3.38. The molecule has 3 aromatic rings. The van der Waals surface area contributed by atoms with Crippen LogP contribution in [-0.2, 0) is 0 Å². The molecule has 0 bridgehead atoms. The van der Waals surface area contributed by atoms with Gasteiger partial charge in [-0.3, -0.25) is 4.79 Å². The number of carbonyl (C=O) groups excluding carboxylic acids is 1. The van der Waals surface area contributed by atoms with Gasteiger partial charge in [-0.25, -0.2) is 9.67 Å². The maximum absolute atomic E-state index is 12.9. The molecule has 0 atom stereocenters. The summed E-state index contributed by atoms with van der Waals surface area (Å²) >= 11 is 3.46. The zero-order chi connectivity index (χ0) is 18.1. The van der Waals surface area contributed by atoms with Crippen molar-refractivity contribution in [1.29, 1.82) is 0 Å². The van der Waals surface area contributed by atoms with Gasteiger partial charge >= 0.3 is 0 Å². The van der Waals surface area contributed by atoms with Crippen molar-refractivity contribution in [3.8, 4) is 5.69 Å². The van der Waals surface area contributed by atoms with Crippen LogP contribution in [0.4, 0.5) is 0 Å². The number of nitrogens with zero attached hydrogens (tertiary/aromatic N) is 6. The summed E-state index contributed by atoms with van der Waals surface area (Å²) < 4.78 is 4.78. The summed E-state index contributed by atoms with van der Waals surface area (Å²) in [6.45, 7) is 3.31. The van der Waals surface area contributed by atoms with Gasteiger partial charge in [0.2, 0.25) is 0 Å². The minimum Gasteiger partial charge on any atom is -0.337 e. The van der Waals surface area contributed by atoms with Crippen LogP contribution >= 0.6 is 15.9 Å². The first kappa shape index (κ1) is 17.0. The van der Waals surface area contributed by atoms with E-state index < -0.39 is 0 Å². The molecule has 1 aliphatic heterocycles. The van der Waals surface area contributed by atoms with E-state index in [1.807, 2.05) is 48.6 Å². The molecule has 1 fully saturated rings. The average molecular weight is 415 g/mol. The van der Waals surface area contributed by atoms with Crippen LogP contribution in [0, 0.1) is 6.92 Å². The highest BCUT2D eigenvalue weighted by Crippen LogP contribution is 2.24. The number of imidazole rings is 1. The Balaban J connectivity index is 1.49. The van der Waals surface area contributed by atoms with Gasteiger partial charge in [0.1, 0.15) is 0 Å². The number of hydrogen-bond acceptors (Lipinski definition) is 4. The molecular weight excluding hydrogens is 396 g/mol. The van der Waals surface area contributed by atoms with Gasteiger partial charge in [0.15, 0.2) is 5.69 Å². The fourth-order valence-corrected chi connectivity index (χ4v) is 3.77. The van der Waals surface area contributed by atoms with E-state index >= 15 is 0 Å². The fraction of sp³-hybridized carbons (Fsp3) is 0.333. The van der Waals surface area contributed by atoms with Gasteiger partial charge in [0.05, 0.1) is 17.7 Å². The number of piperidine rings is 1. The van der Waals surface area contributed by atoms with E-state index in [0.717, 1.165) is 28.7 Å². The van der Waals surface area contributed by atoms with Crippen LogP contribution < -0.4 is 0 Å². The molecule has 0 unspecified atom stereocenters. The molecule has 1 aromatic carbocycles. The molecule has 8 heteroatoms. The second kappa shape index (κ2) is 7.03. The van der Waals surface area contributed by atoms with Gasteiger partial charge < -0.3 is 9.47 Å². The summed E-state index contributed by atoms with van der Waals surface area (Å²) in [5.41, 5.74) is 2.05.